The summed E-state index contributed by atoms with van der Waals surface area (Å²) in [5.74, 6) is 0.775. The summed E-state index contributed by atoms with van der Waals surface area (Å²) in [6.45, 7) is 0.551. The van der Waals surface area contributed by atoms with Gasteiger partial charge in [-0.25, -0.2) is 0 Å². The molecule has 0 aliphatic heterocycles. The average Bonchev–Trinajstić information content (AvgIpc) is 2.92. The third-order valence-electron chi connectivity index (χ3n) is 3.22. The van der Waals surface area contributed by atoms with Gasteiger partial charge in [0.15, 0.2) is 0 Å². The van der Waals surface area contributed by atoms with Gasteiger partial charge in [-0.3, -0.25) is 4.84 Å². The van der Waals surface area contributed by atoms with Gasteiger partial charge in [-0.1, -0.05) is 12.8 Å². The number of nitrogens with one attached hydrogen (secondary N) is 1. The lowest BCUT2D eigenvalue weighted by Crippen LogP contribution is -2.21. The number of hydroxylamine groups is 1. The fourth-order valence-corrected chi connectivity index (χ4v) is 2.23. The van der Waals surface area contributed by atoms with Crippen LogP contribution in [0.1, 0.15) is 36.8 Å². The second-order valence-electron chi connectivity index (χ2n) is 4.48. The summed E-state index contributed by atoms with van der Waals surface area (Å²) >= 11 is 0. The highest BCUT2D eigenvalue weighted by Crippen LogP contribution is 2.22. The van der Waals surface area contributed by atoms with E-state index in [4.69, 9.17) is 14.8 Å². The van der Waals surface area contributed by atoms with Crippen LogP contribution in [0.4, 0.5) is 0 Å². The SMILES string of the molecule is COc1ccc(C#N)cc1CNOC1CCCC1. The molecular weight excluding hydrogens is 228 g/mol. The van der Waals surface area contributed by atoms with Crippen molar-refractivity contribution in [1.82, 2.24) is 5.48 Å². The third kappa shape index (κ3) is 3.22. The molecule has 4 heteroatoms. The van der Waals surface area contributed by atoms with Crippen molar-refractivity contribution in [1.29, 1.82) is 5.26 Å². The van der Waals surface area contributed by atoms with E-state index in [1.165, 1.54) is 12.8 Å². The predicted octanol–water partition coefficient (Wildman–Crippen LogP) is 2.53. The number of hydrogen-bond acceptors (Lipinski definition) is 4. The largest absolute Gasteiger partial charge is 0.496 e. The van der Waals surface area contributed by atoms with E-state index in [-0.39, 0.29) is 0 Å². The first-order chi connectivity index (χ1) is 8.83. The number of ether oxygens (including phenoxy) is 1. The van der Waals surface area contributed by atoms with E-state index < -0.39 is 0 Å². The minimum absolute atomic E-state index is 0.329. The molecule has 0 unspecified atom stereocenters. The van der Waals surface area contributed by atoms with E-state index in [1.54, 1.807) is 13.2 Å². The number of nitriles is 1. The molecule has 0 amide bonds. The summed E-state index contributed by atoms with van der Waals surface area (Å²) in [6, 6.07) is 7.51. The molecule has 1 aromatic carbocycles. The highest BCUT2D eigenvalue weighted by Gasteiger charge is 2.15. The quantitative estimate of drug-likeness (QED) is 0.811. The molecule has 0 saturated heterocycles. The summed E-state index contributed by atoms with van der Waals surface area (Å²) in [6.07, 6.45) is 5.08. The third-order valence-corrected chi connectivity index (χ3v) is 3.22. The summed E-state index contributed by atoms with van der Waals surface area (Å²) in [5.41, 5.74) is 4.55. The number of benzene rings is 1. The molecule has 0 atom stereocenters. The first-order valence-electron chi connectivity index (χ1n) is 6.29. The zero-order valence-electron chi connectivity index (χ0n) is 10.6. The highest BCUT2D eigenvalue weighted by atomic mass is 16.7. The monoisotopic (exact) mass is 246 g/mol. The standard InChI is InChI=1S/C14H18N2O2/c1-17-14-7-6-11(9-15)8-12(14)10-16-18-13-4-2-3-5-13/h6-8,13,16H,2-5,10H2,1H3. The topological polar surface area (TPSA) is 54.3 Å². The van der Waals surface area contributed by atoms with Gasteiger partial charge in [0.1, 0.15) is 5.75 Å². The van der Waals surface area contributed by atoms with E-state index in [1.807, 2.05) is 12.1 Å². The fourth-order valence-electron chi connectivity index (χ4n) is 2.23. The van der Waals surface area contributed by atoms with Crippen molar-refractivity contribution in [3.05, 3.63) is 29.3 Å². The van der Waals surface area contributed by atoms with Crippen molar-refractivity contribution < 1.29 is 9.57 Å². The highest BCUT2D eigenvalue weighted by molar-refractivity contribution is 5.41. The molecule has 96 valence electrons. The van der Waals surface area contributed by atoms with Crippen LogP contribution in [0.2, 0.25) is 0 Å². The Morgan fingerprint density at radius 3 is 2.83 bits per heavy atom. The van der Waals surface area contributed by atoms with Crippen LogP contribution in [0.5, 0.6) is 5.75 Å². The zero-order valence-corrected chi connectivity index (χ0v) is 10.6. The Bertz CT molecular complexity index is 434. The van der Waals surface area contributed by atoms with Gasteiger partial charge in [-0.2, -0.15) is 10.7 Å². The first kappa shape index (κ1) is 12.9. The maximum absolute atomic E-state index is 8.88. The Labute approximate surface area is 107 Å². The molecule has 1 N–H and O–H groups in total. The van der Waals surface area contributed by atoms with Gasteiger partial charge in [-0.15, -0.1) is 0 Å². The van der Waals surface area contributed by atoms with Gasteiger partial charge in [0.2, 0.25) is 0 Å². The zero-order chi connectivity index (χ0) is 12.8. The van der Waals surface area contributed by atoms with E-state index in [2.05, 4.69) is 11.5 Å². The van der Waals surface area contributed by atoms with Crippen molar-refractivity contribution in [2.24, 2.45) is 0 Å². The van der Waals surface area contributed by atoms with Gasteiger partial charge >= 0.3 is 0 Å². The molecule has 4 nitrogen and oxygen atoms in total. The van der Waals surface area contributed by atoms with Crippen LogP contribution < -0.4 is 10.2 Å². The minimum atomic E-state index is 0.329. The summed E-state index contributed by atoms with van der Waals surface area (Å²) in [5, 5.41) is 8.88. The molecule has 0 bridgehead atoms. The van der Waals surface area contributed by atoms with Crippen molar-refractivity contribution in [3.8, 4) is 11.8 Å². The van der Waals surface area contributed by atoms with Crippen LogP contribution in [-0.2, 0) is 11.4 Å². The molecule has 0 aromatic heterocycles. The van der Waals surface area contributed by atoms with Crippen molar-refractivity contribution in [2.45, 2.75) is 38.3 Å². The van der Waals surface area contributed by atoms with Gasteiger partial charge in [0.05, 0.1) is 24.8 Å². The molecule has 1 aromatic rings. The summed E-state index contributed by atoms with van der Waals surface area (Å²) in [4.78, 5) is 5.59. The molecule has 18 heavy (non-hydrogen) atoms. The van der Waals surface area contributed by atoms with Gasteiger partial charge in [-0.05, 0) is 31.0 Å². The van der Waals surface area contributed by atoms with Gasteiger partial charge in [0, 0.05) is 12.1 Å². The maximum atomic E-state index is 8.88. The van der Waals surface area contributed by atoms with Crippen LogP contribution >= 0.6 is 0 Å². The van der Waals surface area contributed by atoms with E-state index in [9.17, 15) is 0 Å². The maximum Gasteiger partial charge on any atom is 0.123 e. The molecular formula is C14H18N2O2. The van der Waals surface area contributed by atoms with Crippen LogP contribution in [0.15, 0.2) is 18.2 Å². The number of rotatable bonds is 5. The Hall–Kier alpha value is -1.57. The van der Waals surface area contributed by atoms with Crippen LogP contribution in [0.25, 0.3) is 0 Å². The first-order valence-corrected chi connectivity index (χ1v) is 6.29. The molecule has 2 rings (SSSR count). The molecule has 0 radical (unpaired) electrons. The lowest BCUT2D eigenvalue weighted by molar-refractivity contribution is -0.0246. The molecule has 1 saturated carbocycles. The number of nitrogens with zero attached hydrogens (tertiary/aromatic N) is 1. The molecule has 1 fully saturated rings. The van der Waals surface area contributed by atoms with Crippen molar-refractivity contribution in [3.63, 3.8) is 0 Å². The minimum Gasteiger partial charge on any atom is -0.496 e. The lowest BCUT2D eigenvalue weighted by atomic mass is 10.1. The molecule has 1 aliphatic rings. The average molecular weight is 246 g/mol. The second-order valence-corrected chi connectivity index (χ2v) is 4.48. The Kier molecular flexibility index (Phi) is 4.57. The second kappa shape index (κ2) is 6.39. The van der Waals surface area contributed by atoms with Crippen molar-refractivity contribution in [2.75, 3.05) is 7.11 Å². The Morgan fingerprint density at radius 1 is 1.39 bits per heavy atom. The van der Waals surface area contributed by atoms with E-state index >= 15 is 0 Å². The number of methoxy groups -OCH3 is 1. The number of hydrogen-bond donors (Lipinski definition) is 1. The fraction of sp³-hybridized carbons (Fsp3) is 0.500. The normalized spacial score (nSPS) is 15.6. The van der Waals surface area contributed by atoms with E-state index in [0.29, 0.717) is 18.2 Å². The van der Waals surface area contributed by atoms with Crippen LogP contribution in [0, 0.1) is 11.3 Å². The van der Waals surface area contributed by atoms with E-state index in [0.717, 1.165) is 24.2 Å². The predicted molar refractivity (Wildman–Crippen MR) is 67.9 cm³/mol. The van der Waals surface area contributed by atoms with Crippen LogP contribution in [-0.4, -0.2) is 13.2 Å². The summed E-state index contributed by atoms with van der Waals surface area (Å²) < 4.78 is 5.26. The van der Waals surface area contributed by atoms with Crippen molar-refractivity contribution >= 4 is 0 Å². The van der Waals surface area contributed by atoms with Gasteiger partial charge < -0.3 is 4.74 Å². The lowest BCUT2D eigenvalue weighted by Gasteiger charge is -2.13. The molecule has 1 aliphatic carbocycles. The summed E-state index contributed by atoms with van der Waals surface area (Å²) in [7, 11) is 1.63. The Balaban J connectivity index is 1.92. The molecule has 0 spiro atoms. The van der Waals surface area contributed by atoms with Crippen LogP contribution in [0.3, 0.4) is 0 Å². The molecule has 0 heterocycles. The smallest absolute Gasteiger partial charge is 0.123 e. The van der Waals surface area contributed by atoms with Gasteiger partial charge in [0.25, 0.3) is 0 Å². The Morgan fingerprint density at radius 2 is 2.17 bits per heavy atom.